The lowest BCUT2D eigenvalue weighted by molar-refractivity contribution is -0.129. The zero-order valence-corrected chi connectivity index (χ0v) is 10.1. The van der Waals surface area contributed by atoms with E-state index in [2.05, 4.69) is 10.3 Å². The summed E-state index contributed by atoms with van der Waals surface area (Å²) in [5, 5.41) is 2.88. The Kier molecular flexibility index (Phi) is 4.01. The van der Waals surface area contributed by atoms with Gasteiger partial charge in [-0.15, -0.1) is 0 Å². The summed E-state index contributed by atoms with van der Waals surface area (Å²) < 4.78 is 0. The number of pyridine rings is 1. The topological polar surface area (TPSA) is 68.0 Å². The molecule has 0 aliphatic heterocycles. The van der Waals surface area contributed by atoms with Gasteiger partial charge in [0.1, 0.15) is 0 Å². The highest BCUT2D eigenvalue weighted by Gasteiger charge is 2.25. The van der Waals surface area contributed by atoms with Crippen molar-refractivity contribution in [2.24, 2.45) is 11.1 Å². The molecule has 1 amide bonds. The van der Waals surface area contributed by atoms with E-state index < -0.39 is 5.41 Å². The molecule has 0 atom stereocenters. The summed E-state index contributed by atoms with van der Waals surface area (Å²) in [6.07, 6.45) is 3.51. The van der Waals surface area contributed by atoms with Gasteiger partial charge >= 0.3 is 0 Å². The van der Waals surface area contributed by atoms with Crippen molar-refractivity contribution in [3.8, 4) is 0 Å². The van der Waals surface area contributed by atoms with Crippen LogP contribution in [0.2, 0.25) is 0 Å². The molecule has 4 heteroatoms. The molecule has 16 heavy (non-hydrogen) atoms. The molecule has 1 rings (SSSR count). The predicted molar refractivity (Wildman–Crippen MR) is 63.7 cm³/mol. The van der Waals surface area contributed by atoms with Crippen molar-refractivity contribution in [3.63, 3.8) is 0 Å². The molecular weight excluding hydrogens is 202 g/mol. The highest BCUT2D eigenvalue weighted by atomic mass is 16.2. The molecule has 0 fully saturated rings. The summed E-state index contributed by atoms with van der Waals surface area (Å²) in [6.45, 7) is 6.51. The second kappa shape index (κ2) is 5.07. The van der Waals surface area contributed by atoms with E-state index in [-0.39, 0.29) is 5.91 Å². The van der Waals surface area contributed by atoms with Gasteiger partial charge in [-0.25, -0.2) is 0 Å². The number of rotatable bonds is 4. The van der Waals surface area contributed by atoms with E-state index in [9.17, 15) is 4.79 Å². The van der Waals surface area contributed by atoms with Crippen molar-refractivity contribution >= 4 is 5.91 Å². The first-order valence-corrected chi connectivity index (χ1v) is 5.35. The number of amides is 1. The number of nitrogens with zero attached hydrogens (tertiary/aromatic N) is 1. The quantitative estimate of drug-likeness (QED) is 0.796. The standard InChI is InChI=1S/C12H19N3O/c1-9-6-14-5-4-10(9)7-15-11(16)12(2,3)8-13/h4-6H,7-8,13H2,1-3H3,(H,15,16). The minimum atomic E-state index is -0.513. The van der Waals surface area contributed by atoms with Gasteiger partial charge in [-0.3, -0.25) is 9.78 Å². The maximum Gasteiger partial charge on any atom is 0.227 e. The van der Waals surface area contributed by atoms with E-state index >= 15 is 0 Å². The average Bonchev–Trinajstić information content (AvgIpc) is 2.27. The van der Waals surface area contributed by atoms with Gasteiger partial charge in [0, 0.05) is 25.5 Å². The third-order valence-corrected chi connectivity index (χ3v) is 2.70. The fourth-order valence-corrected chi connectivity index (χ4v) is 1.21. The molecule has 0 unspecified atom stereocenters. The second-order valence-corrected chi connectivity index (χ2v) is 4.57. The van der Waals surface area contributed by atoms with Gasteiger partial charge in [-0.05, 0) is 38.0 Å². The van der Waals surface area contributed by atoms with Crippen LogP contribution in [0.3, 0.4) is 0 Å². The molecule has 0 saturated heterocycles. The molecule has 0 saturated carbocycles. The summed E-state index contributed by atoms with van der Waals surface area (Å²) >= 11 is 0. The van der Waals surface area contributed by atoms with Crippen LogP contribution in [0, 0.1) is 12.3 Å². The summed E-state index contributed by atoms with van der Waals surface area (Å²) in [6, 6.07) is 1.91. The fraction of sp³-hybridized carbons (Fsp3) is 0.500. The third kappa shape index (κ3) is 3.03. The molecule has 1 aromatic heterocycles. The Bertz CT molecular complexity index is 374. The molecule has 4 nitrogen and oxygen atoms in total. The lowest BCUT2D eigenvalue weighted by Crippen LogP contribution is -2.41. The van der Waals surface area contributed by atoms with Crippen molar-refractivity contribution in [2.45, 2.75) is 27.3 Å². The van der Waals surface area contributed by atoms with Gasteiger partial charge < -0.3 is 11.1 Å². The van der Waals surface area contributed by atoms with E-state index in [1.54, 1.807) is 12.4 Å². The Labute approximate surface area is 96.3 Å². The first kappa shape index (κ1) is 12.6. The molecular formula is C12H19N3O. The van der Waals surface area contributed by atoms with Crippen LogP contribution < -0.4 is 11.1 Å². The smallest absolute Gasteiger partial charge is 0.227 e. The Balaban J connectivity index is 2.59. The largest absolute Gasteiger partial charge is 0.352 e. The lowest BCUT2D eigenvalue weighted by Gasteiger charge is -2.21. The first-order valence-electron chi connectivity index (χ1n) is 5.35. The maximum absolute atomic E-state index is 11.8. The number of nitrogens with two attached hydrogens (primary N) is 1. The number of nitrogens with one attached hydrogen (secondary N) is 1. The highest BCUT2D eigenvalue weighted by molar-refractivity contribution is 5.82. The van der Waals surface area contributed by atoms with E-state index in [1.165, 1.54) is 0 Å². The van der Waals surface area contributed by atoms with Crippen LogP contribution in [-0.4, -0.2) is 17.4 Å². The van der Waals surface area contributed by atoms with Crippen molar-refractivity contribution in [3.05, 3.63) is 29.6 Å². The van der Waals surface area contributed by atoms with E-state index in [4.69, 9.17) is 5.73 Å². The predicted octanol–water partition coefficient (Wildman–Crippen LogP) is 0.991. The van der Waals surface area contributed by atoms with Crippen LogP contribution in [0.1, 0.15) is 25.0 Å². The minimum Gasteiger partial charge on any atom is -0.352 e. The van der Waals surface area contributed by atoms with Crippen molar-refractivity contribution < 1.29 is 4.79 Å². The zero-order chi connectivity index (χ0) is 12.2. The first-order chi connectivity index (χ1) is 7.47. The molecule has 0 aliphatic carbocycles. The molecule has 0 aliphatic rings. The molecule has 0 bridgehead atoms. The maximum atomic E-state index is 11.8. The number of aromatic nitrogens is 1. The molecule has 0 aromatic carbocycles. The van der Waals surface area contributed by atoms with Crippen molar-refractivity contribution in [1.29, 1.82) is 0 Å². The van der Waals surface area contributed by atoms with Gasteiger partial charge in [0.15, 0.2) is 0 Å². The SMILES string of the molecule is Cc1cnccc1CNC(=O)C(C)(C)CN. The number of carbonyl (C=O) groups is 1. The Hall–Kier alpha value is -1.42. The van der Waals surface area contributed by atoms with E-state index in [0.29, 0.717) is 13.1 Å². The molecule has 88 valence electrons. The fourth-order valence-electron chi connectivity index (χ4n) is 1.21. The van der Waals surface area contributed by atoms with E-state index in [1.807, 2.05) is 26.8 Å². The minimum absolute atomic E-state index is 0.0220. The number of hydrogen-bond donors (Lipinski definition) is 2. The average molecular weight is 221 g/mol. The monoisotopic (exact) mass is 221 g/mol. The summed E-state index contributed by atoms with van der Waals surface area (Å²) in [4.78, 5) is 15.8. The number of carbonyl (C=O) groups excluding carboxylic acids is 1. The Morgan fingerprint density at radius 3 is 2.81 bits per heavy atom. The number of hydrogen-bond acceptors (Lipinski definition) is 3. The highest BCUT2D eigenvalue weighted by Crippen LogP contribution is 2.13. The van der Waals surface area contributed by atoms with Crippen LogP contribution in [0.4, 0.5) is 0 Å². The van der Waals surface area contributed by atoms with Gasteiger partial charge in [0.2, 0.25) is 5.91 Å². The van der Waals surface area contributed by atoms with Gasteiger partial charge in [-0.1, -0.05) is 0 Å². The van der Waals surface area contributed by atoms with Crippen LogP contribution in [-0.2, 0) is 11.3 Å². The lowest BCUT2D eigenvalue weighted by atomic mass is 9.92. The van der Waals surface area contributed by atoms with Crippen LogP contribution >= 0.6 is 0 Å². The third-order valence-electron chi connectivity index (χ3n) is 2.70. The summed E-state index contributed by atoms with van der Waals surface area (Å²) in [5.74, 6) is -0.0220. The van der Waals surface area contributed by atoms with Gasteiger partial charge in [0.25, 0.3) is 0 Å². The Morgan fingerprint density at radius 1 is 1.56 bits per heavy atom. The van der Waals surface area contributed by atoms with Crippen LogP contribution in [0.25, 0.3) is 0 Å². The molecule has 1 heterocycles. The Morgan fingerprint density at radius 2 is 2.25 bits per heavy atom. The second-order valence-electron chi connectivity index (χ2n) is 4.57. The summed E-state index contributed by atoms with van der Waals surface area (Å²) in [7, 11) is 0. The van der Waals surface area contributed by atoms with Crippen molar-refractivity contribution in [2.75, 3.05) is 6.54 Å². The van der Waals surface area contributed by atoms with Crippen LogP contribution in [0.5, 0.6) is 0 Å². The summed E-state index contributed by atoms with van der Waals surface area (Å²) in [5.41, 5.74) is 7.18. The van der Waals surface area contributed by atoms with Crippen molar-refractivity contribution in [1.82, 2.24) is 10.3 Å². The van der Waals surface area contributed by atoms with Gasteiger partial charge in [-0.2, -0.15) is 0 Å². The van der Waals surface area contributed by atoms with E-state index in [0.717, 1.165) is 11.1 Å². The normalized spacial score (nSPS) is 11.2. The van der Waals surface area contributed by atoms with Gasteiger partial charge in [0.05, 0.1) is 5.41 Å². The zero-order valence-electron chi connectivity index (χ0n) is 10.1. The molecule has 0 radical (unpaired) electrons. The molecule has 1 aromatic rings. The molecule has 0 spiro atoms. The molecule has 3 N–H and O–H groups in total. The number of aryl methyl sites for hydroxylation is 1. The van der Waals surface area contributed by atoms with Crippen LogP contribution in [0.15, 0.2) is 18.5 Å².